The number of pyridine rings is 2. The highest BCUT2D eigenvalue weighted by Crippen LogP contribution is 2.42. The second kappa shape index (κ2) is 11.7. The van der Waals surface area contributed by atoms with Crippen LogP contribution in [0.4, 0.5) is 14.5 Å². The fraction of sp³-hybridized carbons (Fsp3) is 0.243. The maximum absolute atomic E-state index is 15.2. The summed E-state index contributed by atoms with van der Waals surface area (Å²) in [6.45, 7) is 4.58. The first kappa shape index (κ1) is 32.0. The van der Waals surface area contributed by atoms with E-state index in [1.54, 1.807) is 55.6 Å². The van der Waals surface area contributed by atoms with E-state index in [2.05, 4.69) is 4.98 Å². The van der Waals surface area contributed by atoms with Crippen LogP contribution in [-0.2, 0) is 16.6 Å². The molecule has 254 valence electrons. The predicted octanol–water partition coefficient (Wildman–Crippen LogP) is 7.10. The fourth-order valence-electron chi connectivity index (χ4n) is 6.69. The molecular formula is C37H32F2N6O4S. The summed E-state index contributed by atoms with van der Waals surface area (Å²) >= 11 is 0. The Morgan fingerprint density at radius 1 is 1.04 bits per heavy atom. The average Bonchev–Trinajstić information content (AvgIpc) is 3.66. The Hall–Kier alpha value is -5.27. The molecule has 6 heterocycles. The minimum Gasteiger partial charge on any atom is -0.455 e. The van der Waals surface area contributed by atoms with E-state index in [9.17, 15) is 17.6 Å². The number of carbonyl (C=O) groups is 1. The molecule has 7 aromatic rings. The van der Waals surface area contributed by atoms with Crippen molar-refractivity contribution in [3.05, 3.63) is 89.8 Å². The number of nitrogens with zero attached hydrogens (tertiary/aromatic N) is 6. The number of aromatic nitrogens is 4. The van der Waals surface area contributed by atoms with Gasteiger partial charge >= 0.3 is 0 Å². The Morgan fingerprint density at radius 3 is 2.54 bits per heavy atom. The van der Waals surface area contributed by atoms with Crippen molar-refractivity contribution >= 4 is 59.9 Å². The third kappa shape index (κ3) is 5.19. The number of benzene rings is 2. The van der Waals surface area contributed by atoms with Crippen molar-refractivity contribution in [2.45, 2.75) is 33.0 Å². The number of hydrogen-bond donors (Lipinski definition) is 0. The van der Waals surface area contributed by atoms with Crippen LogP contribution in [0.25, 0.3) is 61.0 Å². The molecule has 0 aliphatic carbocycles. The van der Waals surface area contributed by atoms with Crippen molar-refractivity contribution in [3.8, 4) is 22.6 Å². The maximum atomic E-state index is 15.2. The number of likely N-dealkylation sites (tertiary alicyclic amines) is 1. The molecule has 1 saturated heterocycles. The fourth-order valence-corrected chi connectivity index (χ4v) is 7.20. The van der Waals surface area contributed by atoms with Crippen LogP contribution in [0.15, 0.2) is 71.3 Å². The lowest BCUT2D eigenvalue weighted by atomic mass is 9.98. The smallest absolute Gasteiger partial charge is 0.232 e. The van der Waals surface area contributed by atoms with Crippen LogP contribution in [0.5, 0.6) is 0 Å². The Labute approximate surface area is 286 Å². The molecule has 0 N–H and O–H groups in total. The second-order valence-electron chi connectivity index (χ2n) is 12.8. The van der Waals surface area contributed by atoms with E-state index in [0.717, 1.165) is 16.3 Å². The Balaban J connectivity index is 1.40. The minimum atomic E-state index is -3.76. The van der Waals surface area contributed by atoms with Gasteiger partial charge in [-0.2, -0.15) is 0 Å². The van der Waals surface area contributed by atoms with Gasteiger partial charge in [-0.1, -0.05) is 13.0 Å². The van der Waals surface area contributed by atoms with Gasteiger partial charge in [0.15, 0.2) is 5.78 Å². The van der Waals surface area contributed by atoms with Crippen LogP contribution in [0.2, 0.25) is 0 Å². The topological polar surface area (TPSA) is 114 Å². The molecule has 0 unspecified atom stereocenters. The standard InChI is InChI=1S/C37H32F2N6O4S/c1-5-32(46)35-25-13-24(30(43(3)50(4,47)48)15-33(25)49-37(35)21-10-9-20(2)40-16-21)27-11-12-28-36(42-27)31-14-23-26(39)7-6-8-29(23)45(31)34(41-28)19-44-17-22(38)18-44/h6-16,22H,5,17-19H2,1-4H3. The molecule has 10 nitrogen and oxygen atoms in total. The minimum absolute atomic E-state index is 0.150. The zero-order chi connectivity index (χ0) is 35.1. The van der Waals surface area contributed by atoms with Gasteiger partial charge in [-0.05, 0) is 55.5 Å². The number of carbonyl (C=O) groups excluding carboxylic acids is 1. The van der Waals surface area contributed by atoms with Gasteiger partial charge in [0.2, 0.25) is 10.0 Å². The first-order chi connectivity index (χ1) is 23.9. The number of halogens is 2. The quantitative estimate of drug-likeness (QED) is 0.155. The first-order valence-electron chi connectivity index (χ1n) is 16.2. The van der Waals surface area contributed by atoms with Gasteiger partial charge in [0, 0.05) is 66.4 Å². The summed E-state index contributed by atoms with van der Waals surface area (Å²) in [5, 5.41) is 0.894. The summed E-state index contributed by atoms with van der Waals surface area (Å²) in [5.41, 5.74) is 5.45. The molecule has 8 rings (SSSR count). The van der Waals surface area contributed by atoms with Gasteiger partial charge < -0.3 is 4.42 Å². The van der Waals surface area contributed by atoms with Gasteiger partial charge in [-0.3, -0.25) is 23.4 Å². The molecule has 0 bridgehead atoms. The van der Waals surface area contributed by atoms with Gasteiger partial charge in [-0.25, -0.2) is 27.2 Å². The number of hydrogen-bond acceptors (Lipinski definition) is 8. The van der Waals surface area contributed by atoms with Crippen molar-refractivity contribution in [2.75, 3.05) is 30.7 Å². The highest BCUT2D eigenvalue weighted by Gasteiger charge is 2.29. The number of furan rings is 1. The number of sulfonamides is 1. The summed E-state index contributed by atoms with van der Waals surface area (Å²) in [6, 6.07) is 17.1. The molecule has 0 amide bonds. The van der Waals surface area contributed by atoms with Crippen LogP contribution in [-0.4, -0.2) is 71.0 Å². The lowest BCUT2D eigenvalue weighted by Gasteiger charge is -2.34. The van der Waals surface area contributed by atoms with Crippen LogP contribution in [0.1, 0.15) is 35.2 Å². The third-order valence-electron chi connectivity index (χ3n) is 9.39. The molecular weight excluding hydrogens is 663 g/mol. The Bertz CT molecular complexity index is 2630. The van der Waals surface area contributed by atoms with Crippen molar-refractivity contribution in [3.63, 3.8) is 0 Å². The normalized spacial score (nSPS) is 14.3. The van der Waals surface area contributed by atoms with E-state index >= 15 is 4.39 Å². The van der Waals surface area contributed by atoms with Gasteiger partial charge in [0.25, 0.3) is 0 Å². The molecule has 0 atom stereocenters. The van der Waals surface area contributed by atoms with Gasteiger partial charge in [0.05, 0.1) is 46.3 Å². The van der Waals surface area contributed by atoms with Crippen molar-refractivity contribution in [1.82, 2.24) is 24.3 Å². The van der Waals surface area contributed by atoms with E-state index in [4.69, 9.17) is 14.4 Å². The van der Waals surface area contributed by atoms with E-state index in [1.165, 1.54) is 13.1 Å². The van der Waals surface area contributed by atoms with Crippen LogP contribution < -0.4 is 4.31 Å². The molecule has 50 heavy (non-hydrogen) atoms. The van der Waals surface area contributed by atoms with E-state index < -0.39 is 22.0 Å². The highest BCUT2D eigenvalue weighted by molar-refractivity contribution is 7.92. The molecule has 1 fully saturated rings. The molecule has 1 aliphatic rings. The number of aryl methyl sites for hydroxylation is 1. The summed E-state index contributed by atoms with van der Waals surface area (Å²) in [5.74, 6) is 0.414. The van der Waals surface area contributed by atoms with Crippen molar-refractivity contribution in [2.24, 2.45) is 0 Å². The monoisotopic (exact) mass is 694 g/mol. The maximum Gasteiger partial charge on any atom is 0.232 e. The lowest BCUT2D eigenvalue weighted by molar-refractivity contribution is 0.0567. The molecule has 0 radical (unpaired) electrons. The molecule has 5 aromatic heterocycles. The Kier molecular flexibility index (Phi) is 7.46. The second-order valence-corrected chi connectivity index (χ2v) is 14.8. The third-order valence-corrected chi connectivity index (χ3v) is 10.6. The van der Waals surface area contributed by atoms with Crippen molar-refractivity contribution in [1.29, 1.82) is 0 Å². The van der Waals surface area contributed by atoms with Crippen molar-refractivity contribution < 1.29 is 26.4 Å². The number of rotatable bonds is 8. The molecule has 13 heteroatoms. The molecule has 0 saturated carbocycles. The molecule has 1 aliphatic heterocycles. The number of anilines is 1. The van der Waals surface area contributed by atoms with E-state index in [-0.39, 0.29) is 17.9 Å². The molecule has 0 spiro atoms. The number of Topliss-reactive ketones (excluding diaryl/α,β-unsaturated/α-hetero) is 1. The van der Waals surface area contributed by atoms with Crippen LogP contribution in [0.3, 0.4) is 0 Å². The summed E-state index contributed by atoms with van der Waals surface area (Å²) in [4.78, 5) is 29.8. The zero-order valence-corrected chi connectivity index (χ0v) is 28.6. The van der Waals surface area contributed by atoms with Crippen LogP contribution >= 0.6 is 0 Å². The van der Waals surface area contributed by atoms with Crippen LogP contribution in [0, 0.1) is 12.7 Å². The zero-order valence-electron chi connectivity index (χ0n) is 27.7. The largest absolute Gasteiger partial charge is 0.455 e. The number of alkyl halides is 1. The van der Waals surface area contributed by atoms with Gasteiger partial charge in [0.1, 0.15) is 34.7 Å². The summed E-state index contributed by atoms with van der Waals surface area (Å²) in [7, 11) is -2.31. The van der Waals surface area contributed by atoms with Gasteiger partial charge in [-0.15, -0.1) is 0 Å². The molecule has 2 aromatic carbocycles. The first-order valence-corrected chi connectivity index (χ1v) is 18.0. The predicted molar refractivity (Wildman–Crippen MR) is 189 cm³/mol. The number of ketones is 1. The Morgan fingerprint density at radius 2 is 1.84 bits per heavy atom. The highest BCUT2D eigenvalue weighted by atomic mass is 32.2. The van der Waals surface area contributed by atoms with E-state index in [1.807, 2.05) is 28.4 Å². The summed E-state index contributed by atoms with van der Waals surface area (Å²) < 4.78 is 64.1. The SMILES string of the molecule is CCC(=O)c1c(-c2ccc(C)nc2)oc2cc(N(C)S(C)(=O)=O)c(-c3ccc4nc(CN5CC(F)C5)n5c6cccc(F)c6cc5c4n3)cc12. The lowest BCUT2D eigenvalue weighted by Crippen LogP contribution is -2.47. The number of fused-ring (bicyclic) bond motifs is 6. The van der Waals surface area contributed by atoms with E-state index in [0.29, 0.717) is 92.0 Å². The summed E-state index contributed by atoms with van der Waals surface area (Å²) in [6.07, 6.45) is 2.07. The average molecular weight is 695 g/mol.